The third-order valence-corrected chi connectivity index (χ3v) is 24.6. The Kier molecular flexibility index (Phi) is 21.2. The number of fused-ring (bicyclic) bond motifs is 7. The maximum absolute atomic E-state index is 13.4. The molecule has 4 saturated carbocycles. The number of carbonyl (C=O) groups is 4. The lowest BCUT2D eigenvalue weighted by Gasteiger charge is -2.73. The van der Waals surface area contributed by atoms with E-state index >= 15 is 0 Å². The molecular weight excluding hydrogens is 1240 g/mol. The average molecular weight is 1340 g/mol. The number of carboxylic acid groups (broad SMARTS) is 1. The van der Waals surface area contributed by atoms with E-state index in [4.69, 9.17) is 47.4 Å². The number of carbonyl (C=O) groups excluding carboxylic acids is 3. The molecular formula is C67H100O27. The number of ether oxygens (including phenoxy) is 10. The van der Waals surface area contributed by atoms with Gasteiger partial charge in [-0.1, -0.05) is 78.3 Å². The predicted molar refractivity (Wildman–Crippen MR) is 323 cm³/mol. The summed E-state index contributed by atoms with van der Waals surface area (Å²) in [7, 11) is 0. The van der Waals surface area contributed by atoms with Crippen molar-refractivity contribution in [2.24, 2.45) is 62.1 Å². The summed E-state index contributed by atoms with van der Waals surface area (Å²) in [5.74, 6) is -6.00. The minimum atomic E-state index is -2.13. The Morgan fingerprint density at radius 2 is 1.33 bits per heavy atom. The van der Waals surface area contributed by atoms with E-state index in [-0.39, 0.29) is 31.3 Å². The lowest BCUT2D eigenvalue weighted by molar-refractivity contribution is -0.392. The normalized spacial score (nSPS) is 47.2. The molecule has 94 heavy (non-hydrogen) atoms. The topological polar surface area (TPSA) is 424 Å². The molecule has 8 fully saturated rings. The highest BCUT2D eigenvalue weighted by Gasteiger charge is 2.74. The quantitative estimate of drug-likeness (QED) is 0.0434. The molecule has 4 aliphatic heterocycles. The number of rotatable bonds is 17. The molecule has 0 spiro atoms. The Balaban J connectivity index is 0.886. The van der Waals surface area contributed by atoms with Crippen molar-refractivity contribution in [3.05, 3.63) is 47.5 Å². The fraction of sp³-hybridized carbons (Fsp3) is 0.821. The van der Waals surface area contributed by atoms with Crippen molar-refractivity contribution in [3.63, 3.8) is 0 Å². The van der Waals surface area contributed by atoms with Gasteiger partial charge < -0.3 is 114 Å². The van der Waals surface area contributed by atoms with E-state index in [2.05, 4.69) is 26.8 Å². The SMILES string of the molecule is CC(=O)OC1[C@H](CC2OCC(OC(=O)C(C)C(C)OC(=O)c3ccccc3)C(O)C2O)C(C)(C)CC2C3=CCC4[C@@]5(C)CC[C@H](O[C@@H]6OC(C(=O)O)[C@@H](O)[C@@H](O[C@@H]7OC[C@@H](O)[C@@H](O)C7O)C6O[C@@H]6OC(CO)[C@H](O)[C@@H](O)C6O)C(C)(C)C5CC[C@@]4(C)[C@]3(C)C[C@@H](O)[C@]21CO. The van der Waals surface area contributed by atoms with Gasteiger partial charge in [-0.05, 0) is 122 Å². The molecule has 31 atom stereocenters. The summed E-state index contributed by atoms with van der Waals surface area (Å²) in [6.07, 6.45) is -29.8. The van der Waals surface area contributed by atoms with Gasteiger partial charge in [-0.2, -0.15) is 0 Å². The summed E-state index contributed by atoms with van der Waals surface area (Å²) in [6, 6.07) is 8.27. The number of benzene rings is 1. The maximum Gasteiger partial charge on any atom is 0.338 e. The second kappa shape index (κ2) is 27.3. The van der Waals surface area contributed by atoms with E-state index < -0.39 is 229 Å². The van der Waals surface area contributed by atoms with Crippen LogP contribution in [0.2, 0.25) is 0 Å². The number of allylic oxidation sites excluding steroid dienone is 2. The highest BCUT2D eigenvalue weighted by atomic mass is 16.8. The summed E-state index contributed by atoms with van der Waals surface area (Å²) < 4.78 is 60.4. The second-order valence-corrected chi connectivity index (χ2v) is 30.4. The van der Waals surface area contributed by atoms with Gasteiger partial charge in [-0.3, -0.25) is 9.59 Å². The van der Waals surface area contributed by atoms with Crippen LogP contribution in [0.1, 0.15) is 131 Å². The van der Waals surface area contributed by atoms with Gasteiger partial charge in [-0.15, -0.1) is 0 Å². The largest absolute Gasteiger partial charge is 0.479 e. The standard InChI is InChI=1S/C67H100O27/c1-29(30(2)87-58(84)32-14-12-11-13-15-32)57(83)89-39-27-85-37(45(74)47(39)76)22-34-55(88-31(3)70)67(28-69)35(23-62(34,4)5)33-16-17-41-64(8)20-19-43(63(6,7)40(64)18-21-65(41,9)66(33,10)24-42(67)72)91-61-54(94-60-50(79)48(77)46(75)38(25-68)90-60)52(51(80)53(93-61)56(81)82)92-59-49(78)44(73)36(71)26-86-59/h11-16,29-30,34-55,59-61,68-69,71-80H,17-28H2,1-10H3,(H,81,82)/t29?,30?,34-,35?,36+,37?,38?,39?,40?,41?,42+,43-,44+,45?,46-,47?,48+,49?,50?,51-,52+,53?,54?,55?,59-,60-,61+,64-,65+,66+,67-/m0/s1. The smallest absolute Gasteiger partial charge is 0.338 e. The van der Waals surface area contributed by atoms with Crippen LogP contribution >= 0.6 is 0 Å². The summed E-state index contributed by atoms with van der Waals surface area (Å²) in [5.41, 5.74) is -3.22. The molecule has 10 rings (SSSR count). The minimum absolute atomic E-state index is 0.00976. The van der Waals surface area contributed by atoms with Crippen molar-refractivity contribution in [2.45, 2.75) is 255 Å². The van der Waals surface area contributed by atoms with E-state index in [1.165, 1.54) is 13.8 Å². The average Bonchev–Trinajstić information content (AvgIpc) is 0.670. The predicted octanol–water partition coefficient (Wildman–Crippen LogP) is 0.388. The number of hydrogen-bond donors (Lipinski definition) is 13. The fourth-order valence-corrected chi connectivity index (χ4v) is 18.8. The van der Waals surface area contributed by atoms with Gasteiger partial charge in [0.05, 0.1) is 61.6 Å². The van der Waals surface area contributed by atoms with Gasteiger partial charge in [0.25, 0.3) is 0 Å². The van der Waals surface area contributed by atoms with Crippen LogP contribution in [0.3, 0.4) is 0 Å². The molecule has 27 nitrogen and oxygen atoms in total. The minimum Gasteiger partial charge on any atom is -0.479 e. The number of aliphatic hydroxyl groups excluding tert-OH is 12. The highest BCUT2D eigenvalue weighted by molar-refractivity contribution is 5.89. The van der Waals surface area contributed by atoms with Crippen LogP contribution in [0.5, 0.6) is 0 Å². The number of aliphatic carboxylic acids is 1. The first-order valence-electron chi connectivity index (χ1n) is 33.1. The molecule has 4 heterocycles. The fourth-order valence-electron chi connectivity index (χ4n) is 18.8. The van der Waals surface area contributed by atoms with Gasteiger partial charge >= 0.3 is 23.9 Å². The van der Waals surface area contributed by atoms with Gasteiger partial charge in [0.1, 0.15) is 85.5 Å². The molecule has 13 N–H and O–H groups in total. The Bertz CT molecular complexity index is 2890. The zero-order chi connectivity index (χ0) is 68.9. The van der Waals surface area contributed by atoms with Crippen molar-refractivity contribution in [1.82, 2.24) is 0 Å². The first-order chi connectivity index (χ1) is 44.0. The van der Waals surface area contributed by atoms with Crippen LogP contribution in [0.15, 0.2) is 42.0 Å². The zero-order valence-electron chi connectivity index (χ0n) is 55.1. The number of carboxylic acids is 1. The van der Waals surface area contributed by atoms with Crippen molar-refractivity contribution >= 4 is 23.9 Å². The summed E-state index contributed by atoms with van der Waals surface area (Å²) >= 11 is 0. The molecule has 4 saturated heterocycles. The lowest BCUT2D eigenvalue weighted by atomic mass is 9.32. The van der Waals surface area contributed by atoms with Crippen molar-refractivity contribution < 1.29 is 133 Å². The summed E-state index contributed by atoms with van der Waals surface area (Å²) in [5, 5.41) is 145. The first-order valence-corrected chi connectivity index (χ1v) is 33.1. The van der Waals surface area contributed by atoms with Gasteiger partial charge in [0.2, 0.25) is 0 Å². The zero-order valence-corrected chi connectivity index (χ0v) is 55.1. The monoisotopic (exact) mass is 1340 g/mol. The summed E-state index contributed by atoms with van der Waals surface area (Å²) in [6.45, 7) is 16.9. The molecule has 5 aliphatic carbocycles. The maximum atomic E-state index is 13.4. The Hall–Kier alpha value is -3.92. The number of esters is 3. The van der Waals surface area contributed by atoms with Gasteiger partial charge in [0.15, 0.2) is 31.1 Å². The third kappa shape index (κ3) is 12.5. The molecule has 15 unspecified atom stereocenters. The van der Waals surface area contributed by atoms with Crippen LogP contribution in [0, 0.1) is 62.1 Å². The third-order valence-electron chi connectivity index (χ3n) is 24.6. The van der Waals surface area contributed by atoms with E-state index in [0.29, 0.717) is 44.1 Å². The van der Waals surface area contributed by atoms with Crippen LogP contribution < -0.4 is 0 Å². The van der Waals surface area contributed by atoms with Crippen molar-refractivity contribution in [3.8, 4) is 0 Å². The molecule has 9 aliphatic rings. The second-order valence-electron chi connectivity index (χ2n) is 30.4. The van der Waals surface area contributed by atoms with Crippen LogP contribution in [0.4, 0.5) is 0 Å². The van der Waals surface area contributed by atoms with E-state index in [9.17, 15) is 85.6 Å². The van der Waals surface area contributed by atoms with Gasteiger partial charge in [0, 0.05) is 12.8 Å². The van der Waals surface area contributed by atoms with Gasteiger partial charge in [-0.25, -0.2) is 9.59 Å². The highest BCUT2D eigenvalue weighted by Crippen LogP contribution is 2.76. The molecule has 0 radical (unpaired) electrons. The van der Waals surface area contributed by atoms with Crippen molar-refractivity contribution in [2.75, 3.05) is 26.4 Å². The molecule has 530 valence electrons. The molecule has 0 bridgehead atoms. The van der Waals surface area contributed by atoms with E-state index in [0.717, 1.165) is 5.57 Å². The molecule has 0 aromatic heterocycles. The van der Waals surface area contributed by atoms with E-state index in [1.54, 1.807) is 37.3 Å². The lowest BCUT2D eigenvalue weighted by Crippen LogP contribution is -2.71. The molecule has 27 heteroatoms. The Morgan fingerprint density at radius 1 is 0.670 bits per heavy atom. The first kappa shape index (κ1) is 72.8. The van der Waals surface area contributed by atoms with Crippen molar-refractivity contribution in [1.29, 1.82) is 0 Å². The van der Waals surface area contributed by atoms with Crippen LogP contribution in [-0.2, 0) is 61.8 Å². The Morgan fingerprint density at radius 3 is 1.98 bits per heavy atom. The number of hydrogen-bond acceptors (Lipinski definition) is 26. The molecule has 1 aromatic rings. The van der Waals surface area contributed by atoms with Crippen LogP contribution in [0.25, 0.3) is 0 Å². The summed E-state index contributed by atoms with van der Waals surface area (Å²) in [4.78, 5) is 52.6. The molecule has 0 amide bonds. The van der Waals surface area contributed by atoms with Crippen LogP contribution in [-0.4, -0.2) is 252 Å². The molecule has 1 aromatic carbocycles. The van der Waals surface area contributed by atoms with E-state index in [1.807, 2.05) is 27.7 Å². The Labute approximate surface area is 546 Å². The number of aliphatic hydroxyl groups is 12.